The van der Waals surface area contributed by atoms with Gasteiger partial charge in [-0.05, 0) is 29.7 Å². The lowest BCUT2D eigenvalue weighted by Crippen LogP contribution is -2.30. The molecule has 3 rings (SSSR count). The van der Waals surface area contributed by atoms with Crippen molar-refractivity contribution in [3.8, 4) is 0 Å². The van der Waals surface area contributed by atoms with Gasteiger partial charge < -0.3 is 5.32 Å². The number of carbonyl (C=O) groups is 1. The maximum Gasteiger partial charge on any atom is 0.232 e. The molecule has 1 amide bonds. The van der Waals surface area contributed by atoms with Gasteiger partial charge in [0.1, 0.15) is 0 Å². The first-order valence-electron chi connectivity index (χ1n) is 5.74. The predicted octanol–water partition coefficient (Wildman–Crippen LogP) is 2.50. The Hall–Kier alpha value is -2.23. The van der Waals surface area contributed by atoms with E-state index in [1.54, 1.807) is 0 Å². The zero-order chi connectivity index (χ0) is 12.5. The number of carbonyl (C=O) groups excluding carboxylic acids is 1. The first-order chi connectivity index (χ1) is 8.74. The minimum absolute atomic E-state index is 0.0675. The van der Waals surface area contributed by atoms with Crippen LogP contribution in [0.2, 0.25) is 0 Å². The van der Waals surface area contributed by atoms with Crippen molar-refractivity contribution in [2.75, 3.05) is 5.32 Å². The summed E-state index contributed by atoms with van der Waals surface area (Å²) < 4.78 is 12.6. The van der Waals surface area contributed by atoms with Gasteiger partial charge in [0.15, 0.2) is 0 Å². The van der Waals surface area contributed by atoms with Gasteiger partial charge in [0.05, 0.1) is 17.8 Å². The van der Waals surface area contributed by atoms with Gasteiger partial charge >= 0.3 is 0 Å². The molecule has 0 saturated carbocycles. The van der Waals surface area contributed by atoms with E-state index in [4.69, 9.17) is 0 Å². The Balaban J connectivity index is 1.72. The highest BCUT2D eigenvalue weighted by Gasteiger charge is 2.31. The van der Waals surface area contributed by atoms with Crippen molar-refractivity contribution in [3.63, 3.8) is 0 Å². The number of hydrogen-bond acceptors (Lipinski definition) is 2. The lowest BCUT2D eigenvalue weighted by atomic mass is 9.77. The van der Waals surface area contributed by atoms with E-state index in [1.807, 2.05) is 24.3 Å². The third kappa shape index (κ3) is 1.86. The van der Waals surface area contributed by atoms with Crippen LogP contribution in [0.25, 0.3) is 0 Å². The number of nitrogens with one attached hydrogen (secondary N) is 1. The largest absolute Gasteiger partial charge is 0.324 e. The molecule has 18 heavy (non-hydrogen) atoms. The van der Waals surface area contributed by atoms with Crippen LogP contribution in [0, 0.1) is 5.95 Å². The van der Waals surface area contributed by atoms with E-state index in [1.165, 1.54) is 23.9 Å². The van der Waals surface area contributed by atoms with E-state index in [2.05, 4.69) is 10.3 Å². The van der Waals surface area contributed by atoms with Crippen LogP contribution in [0.4, 0.5) is 10.1 Å². The third-order valence-electron chi connectivity index (χ3n) is 3.17. The van der Waals surface area contributed by atoms with Gasteiger partial charge in [-0.15, -0.1) is 0 Å². The van der Waals surface area contributed by atoms with Crippen LogP contribution in [0.5, 0.6) is 0 Å². The lowest BCUT2D eigenvalue weighted by Gasteiger charge is -2.28. The molecular weight excluding hydrogens is 231 g/mol. The topological polar surface area (TPSA) is 42.0 Å². The van der Waals surface area contributed by atoms with Crippen molar-refractivity contribution >= 4 is 11.6 Å². The van der Waals surface area contributed by atoms with E-state index >= 15 is 0 Å². The molecule has 1 aliphatic rings. The van der Waals surface area contributed by atoms with Crippen LogP contribution in [0.15, 0.2) is 42.6 Å². The van der Waals surface area contributed by atoms with Crippen molar-refractivity contribution in [1.82, 2.24) is 4.98 Å². The Labute approximate surface area is 104 Å². The smallest absolute Gasteiger partial charge is 0.232 e. The molecule has 0 saturated heterocycles. The number of hydrogen-bond donors (Lipinski definition) is 1. The molecular formula is C14H11FN2O. The summed E-state index contributed by atoms with van der Waals surface area (Å²) in [4.78, 5) is 15.5. The molecule has 1 N–H and O–H groups in total. The molecule has 4 heteroatoms. The minimum atomic E-state index is -0.554. The zero-order valence-corrected chi connectivity index (χ0v) is 9.56. The molecule has 0 fully saturated rings. The van der Waals surface area contributed by atoms with Gasteiger partial charge in [0, 0.05) is 0 Å². The summed E-state index contributed by atoms with van der Waals surface area (Å²) in [6.45, 7) is 0. The number of benzene rings is 1. The summed E-state index contributed by atoms with van der Waals surface area (Å²) in [5.41, 5.74) is 2.81. The quantitative estimate of drug-likeness (QED) is 0.822. The van der Waals surface area contributed by atoms with Crippen LogP contribution in [0.3, 0.4) is 0 Å². The SMILES string of the molecule is O=C(Nc1ccc(F)nc1)C1Cc2ccccc21. The highest BCUT2D eigenvalue weighted by atomic mass is 19.1. The van der Waals surface area contributed by atoms with Gasteiger partial charge in [-0.25, -0.2) is 4.98 Å². The molecule has 1 aromatic carbocycles. The summed E-state index contributed by atoms with van der Waals surface area (Å²) >= 11 is 0. The Morgan fingerprint density at radius 3 is 2.83 bits per heavy atom. The maximum atomic E-state index is 12.6. The second-order valence-corrected chi connectivity index (χ2v) is 4.31. The van der Waals surface area contributed by atoms with E-state index in [0.29, 0.717) is 5.69 Å². The molecule has 0 bridgehead atoms. The van der Waals surface area contributed by atoms with Crippen molar-refractivity contribution in [1.29, 1.82) is 0 Å². The van der Waals surface area contributed by atoms with Crippen molar-refractivity contribution < 1.29 is 9.18 Å². The number of amides is 1. The molecule has 1 heterocycles. The summed E-state index contributed by atoms with van der Waals surface area (Å²) in [6.07, 6.45) is 2.08. The molecule has 1 unspecified atom stereocenters. The highest BCUT2D eigenvalue weighted by molar-refractivity contribution is 5.97. The second-order valence-electron chi connectivity index (χ2n) is 4.31. The van der Waals surface area contributed by atoms with Crippen LogP contribution in [-0.2, 0) is 11.2 Å². The van der Waals surface area contributed by atoms with Gasteiger partial charge in [-0.3, -0.25) is 4.79 Å². The van der Waals surface area contributed by atoms with Gasteiger partial charge in [0.2, 0.25) is 11.9 Å². The minimum Gasteiger partial charge on any atom is -0.324 e. The molecule has 3 nitrogen and oxygen atoms in total. The first kappa shape index (κ1) is 10.9. The fraction of sp³-hybridized carbons (Fsp3) is 0.143. The molecule has 1 aromatic heterocycles. The first-order valence-corrected chi connectivity index (χ1v) is 5.74. The van der Waals surface area contributed by atoms with E-state index in [0.717, 1.165) is 12.0 Å². The number of halogens is 1. The highest BCUT2D eigenvalue weighted by Crippen LogP contribution is 2.35. The Bertz CT molecular complexity index is 595. The monoisotopic (exact) mass is 242 g/mol. The number of fused-ring (bicyclic) bond motifs is 1. The van der Waals surface area contributed by atoms with Gasteiger partial charge in [-0.2, -0.15) is 4.39 Å². The Kier molecular flexibility index (Phi) is 2.55. The number of rotatable bonds is 2. The Morgan fingerprint density at radius 2 is 2.11 bits per heavy atom. The Morgan fingerprint density at radius 1 is 1.28 bits per heavy atom. The molecule has 1 atom stereocenters. The maximum absolute atomic E-state index is 12.6. The fourth-order valence-electron chi connectivity index (χ4n) is 2.17. The van der Waals surface area contributed by atoms with Crippen LogP contribution < -0.4 is 5.32 Å². The number of anilines is 1. The van der Waals surface area contributed by atoms with Crippen molar-refractivity contribution in [2.24, 2.45) is 0 Å². The molecule has 1 aliphatic carbocycles. The standard InChI is InChI=1S/C14H11FN2O/c15-13-6-5-10(8-16-13)17-14(18)12-7-9-3-1-2-4-11(9)12/h1-6,8,12H,7H2,(H,17,18). The summed E-state index contributed by atoms with van der Waals surface area (Å²) in [6, 6.07) is 10.6. The van der Waals surface area contributed by atoms with Crippen LogP contribution in [-0.4, -0.2) is 10.9 Å². The number of nitrogens with zero attached hydrogens (tertiary/aromatic N) is 1. The van der Waals surface area contributed by atoms with E-state index in [-0.39, 0.29) is 11.8 Å². The normalized spacial score (nSPS) is 16.6. The van der Waals surface area contributed by atoms with Gasteiger partial charge in [0.25, 0.3) is 0 Å². The van der Waals surface area contributed by atoms with Crippen LogP contribution in [0.1, 0.15) is 17.0 Å². The molecule has 0 aliphatic heterocycles. The average molecular weight is 242 g/mol. The summed E-state index contributed by atoms with van der Waals surface area (Å²) in [5, 5.41) is 2.74. The van der Waals surface area contributed by atoms with Crippen molar-refractivity contribution in [3.05, 3.63) is 59.7 Å². The number of pyridine rings is 1. The average Bonchev–Trinajstić information content (AvgIpc) is 2.34. The lowest BCUT2D eigenvalue weighted by molar-refractivity contribution is -0.118. The van der Waals surface area contributed by atoms with E-state index < -0.39 is 5.95 Å². The van der Waals surface area contributed by atoms with Gasteiger partial charge in [-0.1, -0.05) is 24.3 Å². The third-order valence-corrected chi connectivity index (χ3v) is 3.17. The van der Waals surface area contributed by atoms with Crippen LogP contribution >= 0.6 is 0 Å². The molecule has 0 radical (unpaired) electrons. The van der Waals surface area contributed by atoms with E-state index in [9.17, 15) is 9.18 Å². The zero-order valence-electron chi connectivity index (χ0n) is 9.56. The summed E-state index contributed by atoms with van der Waals surface area (Å²) in [5.74, 6) is -0.727. The van der Waals surface area contributed by atoms with Crippen molar-refractivity contribution in [2.45, 2.75) is 12.3 Å². The molecule has 2 aromatic rings. The predicted molar refractivity (Wildman–Crippen MR) is 65.7 cm³/mol. The molecule has 0 spiro atoms. The second kappa shape index (κ2) is 4.22. The number of aromatic nitrogens is 1. The molecule has 90 valence electrons. The fourth-order valence-corrected chi connectivity index (χ4v) is 2.17. The summed E-state index contributed by atoms with van der Waals surface area (Å²) in [7, 11) is 0.